The third-order valence-corrected chi connectivity index (χ3v) is 4.57. The van der Waals surface area contributed by atoms with Crippen LogP contribution < -0.4 is 5.73 Å². The predicted octanol–water partition coefficient (Wildman–Crippen LogP) is 2.21. The van der Waals surface area contributed by atoms with Crippen molar-refractivity contribution in [2.45, 2.75) is 31.2 Å². The van der Waals surface area contributed by atoms with Gasteiger partial charge in [0.1, 0.15) is 0 Å². The predicted molar refractivity (Wildman–Crippen MR) is 70.9 cm³/mol. The van der Waals surface area contributed by atoms with Gasteiger partial charge >= 0.3 is 0 Å². The molecule has 2 N–H and O–H groups in total. The van der Waals surface area contributed by atoms with Crippen molar-refractivity contribution in [2.75, 3.05) is 19.6 Å². The van der Waals surface area contributed by atoms with E-state index in [9.17, 15) is 0 Å². The van der Waals surface area contributed by atoms with E-state index in [4.69, 9.17) is 5.73 Å². The highest BCUT2D eigenvalue weighted by Crippen LogP contribution is 2.36. The van der Waals surface area contributed by atoms with Gasteiger partial charge in [0, 0.05) is 25.0 Å². The maximum absolute atomic E-state index is 5.86. The van der Waals surface area contributed by atoms with Gasteiger partial charge in [-0.1, -0.05) is 36.8 Å². The van der Waals surface area contributed by atoms with Crippen molar-refractivity contribution in [2.24, 2.45) is 11.7 Å². The second kappa shape index (κ2) is 4.79. The molecule has 2 heteroatoms. The highest BCUT2D eigenvalue weighted by Gasteiger charge is 2.38. The van der Waals surface area contributed by atoms with Crippen molar-refractivity contribution in [1.29, 1.82) is 0 Å². The van der Waals surface area contributed by atoms with Crippen LogP contribution in [-0.2, 0) is 0 Å². The number of benzene rings is 1. The Morgan fingerprint density at radius 2 is 1.88 bits per heavy atom. The fourth-order valence-corrected chi connectivity index (χ4v) is 3.49. The summed E-state index contributed by atoms with van der Waals surface area (Å²) in [6.07, 6.45) is 4.08. The summed E-state index contributed by atoms with van der Waals surface area (Å²) in [5.41, 5.74) is 7.37. The largest absolute Gasteiger partial charge is 0.330 e. The number of hydrogen-bond donors (Lipinski definition) is 1. The smallest absolute Gasteiger partial charge is 0.0136 e. The average molecular weight is 230 g/mol. The molecular weight excluding hydrogens is 208 g/mol. The topological polar surface area (TPSA) is 29.3 Å². The molecule has 2 atom stereocenters. The molecule has 0 bridgehead atoms. The van der Waals surface area contributed by atoms with E-state index < -0.39 is 0 Å². The SMILES string of the molecule is NCC1CCCC1N1CC(c2ccccc2)C1. The molecule has 2 unspecified atom stereocenters. The number of rotatable bonds is 3. The lowest BCUT2D eigenvalue weighted by Gasteiger charge is -2.45. The summed E-state index contributed by atoms with van der Waals surface area (Å²) in [5, 5.41) is 0. The summed E-state index contributed by atoms with van der Waals surface area (Å²) in [4.78, 5) is 2.65. The zero-order chi connectivity index (χ0) is 11.7. The lowest BCUT2D eigenvalue weighted by molar-refractivity contribution is 0.0712. The fraction of sp³-hybridized carbons (Fsp3) is 0.600. The van der Waals surface area contributed by atoms with Crippen molar-refractivity contribution in [1.82, 2.24) is 4.90 Å². The van der Waals surface area contributed by atoms with Gasteiger partial charge in [-0.05, 0) is 30.9 Å². The standard InChI is InChI=1S/C15H22N2/c16-9-13-7-4-8-15(13)17-10-14(11-17)12-5-2-1-3-6-12/h1-3,5-6,13-15H,4,7-11,16H2. The van der Waals surface area contributed by atoms with Gasteiger partial charge in [0.25, 0.3) is 0 Å². The molecule has 1 aliphatic carbocycles. The van der Waals surface area contributed by atoms with Crippen LogP contribution in [0.25, 0.3) is 0 Å². The molecule has 1 saturated carbocycles. The molecule has 1 saturated heterocycles. The Bertz CT molecular complexity index is 356. The molecule has 1 aromatic carbocycles. The molecule has 1 aromatic rings. The van der Waals surface area contributed by atoms with Crippen LogP contribution in [-0.4, -0.2) is 30.6 Å². The quantitative estimate of drug-likeness (QED) is 0.862. The van der Waals surface area contributed by atoms with Gasteiger partial charge in [0.2, 0.25) is 0 Å². The van der Waals surface area contributed by atoms with Crippen molar-refractivity contribution in [3.05, 3.63) is 35.9 Å². The normalized spacial score (nSPS) is 30.4. The maximum Gasteiger partial charge on any atom is 0.0136 e. The first kappa shape index (κ1) is 11.2. The minimum atomic E-state index is 0.756. The van der Waals surface area contributed by atoms with E-state index in [1.165, 1.54) is 37.9 Å². The van der Waals surface area contributed by atoms with E-state index in [0.717, 1.165) is 24.4 Å². The first-order valence-corrected chi connectivity index (χ1v) is 6.87. The number of hydrogen-bond acceptors (Lipinski definition) is 2. The number of nitrogens with two attached hydrogens (primary N) is 1. The second-order valence-corrected chi connectivity index (χ2v) is 5.56. The Labute approximate surface area is 104 Å². The van der Waals surface area contributed by atoms with E-state index in [1.54, 1.807) is 0 Å². The minimum Gasteiger partial charge on any atom is -0.330 e. The summed E-state index contributed by atoms with van der Waals surface area (Å²) < 4.78 is 0. The van der Waals surface area contributed by atoms with Crippen LogP contribution >= 0.6 is 0 Å². The molecule has 2 fully saturated rings. The minimum absolute atomic E-state index is 0.756. The van der Waals surface area contributed by atoms with Gasteiger partial charge in [-0.25, -0.2) is 0 Å². The average Bonchev–Trinajstić information content (AvgIpc) is 2.77. The maximum atomic E-state index is 5.86. The molecule has 2 aliphatic rings. The number of nitrogens with zero attached hydrogens (tertiary/aromatic N) is 1. The zero-order valence-electron chi connectivity index (χ0n) is 10.4. The summed E-state index contributed by atoms with van der Waals surface area (Å²) in [6.45, 7) is 3.35. The molecule has 92 valence electrons. The summed E-state index contributed by atoms with van der Waals surface area (Å²) in [6, 6.07) is 11.7. The number of likely N-dealkylation sites (tertiary alicyclic amines) is 1. The van der Waals surface area contributed by atoms with Crippen molar-refractivity contribution >= 4 is 0 Å². The fourth-order valence-electron chi connectivity index (χ4n) is 3.49. The third kappa shape index (κ3) is 2.12. The molecule has 0 radical (unpaired) electrons. The first-order valence-electron chi connectivity index (χ1n) is 6.87. The summed E-state index contributed by atoms with van der Waals surface area (Å²) in [7, 11) is 0. The third-order valence-electron chi connectivity index (χ3n) is 4.57. The Morgan fingerprint density at radius 1 is 1.12 bits per heavy atom. The van der Waals surface area contributed by atoms with Crippen LogP contribution in [0.15, 0.2) is 30.3 Å². The molecule has 3 rings (SSSR count). The molecular formula is C15H22N2. The Morgan fingerprint density at radius 3 is 2.59 bits per heavy atom. The van der Waals surface area contributed by atoms with Gasteiger partial charge < -0.3 is 5.73 Å². The van der Waals surface area contributed by atoms with Gasteiger partial charge in [0.15, 0.2) is 0 Å². The Balaban J connectivity index is 1.58. The van der Waals surface area contributed by atoms with Crippen LogP contribution in [0.2, 0.25) is 0 Å². The highest BCUT2D eigenvalue weighted by molar-refractivity contribution is 5.23. The van der Waals surface area contributed by atoms with Crippen LogP contribution in [0.4, 0.5) is 0 Å². The lowest BCUT2D eigenvalue weighted by Crippen LogP contribution is -2.52. The molecule has 17 heavy (non-hydrogen) atoms. The van der Waals surface area contributed by atoms with Crippen molar-refractivity contribution in [3.8, 4) is 0 Å². The van der Waals surface area contributed by atoms with Crippen LogP contribution in [0.1, 0.15) is 30.7 Å². The van der Waals surface area contributed by atoms with Gasteiger partial charge in [0.05, 0.1) is 0 Å². The van der Waals surface area contributed by atoms with E-state index >= 15 is 0 Å². The van der Waals surface area contributed by atoms with E-state index in [1.807, 2.05) is 0 Å². The van der Waals surface area contributed by atoms with Crippen LogP contribution in [0, 0.1) is 5.92 Å². The van der Waals surface area contributed by atoms with Crippen molar-refractivity contribution < 1.29 is 0 Å². The van der Waals surface area contributed by atoms with E-state index in [0.29, 0.717) is 0 Å². The molecule has 0 aromatic heterocycles. The Kier molecular flexibility index (Phi) is 3.17. The van der Waals surface area contributed by atoms with E-state index in [2.05, 4.69) is 35.2 Å². The molecule has 1 heterocycles. The summed E-state index contributed by atoms with van der Waals surface area (Å²) in [5.74, 6) is 1.52. The second-order valence-electron chi connectivity index (χ2n) is 5.56. The van der Waals surface area contributed by atoms with Gasteiger partial charge in [-0.15, -0.1) is 0 Å². The lowest BCUT2D eigenvalue weighted by atomic mass is 9.88. The van der Waals surface area contributed by atoms with Crippen LogP contribution in [0.5, 0.6) is 0 Å². The van der Waals surface area contributed by atoms with Crippen LogP contribution in [0.3, 0.4) is 0 Å². The zero-order valence-corrected chi connectivity index (χ0v) is 10.4. The molecule has 1 aliphatic heterocycles. The summed E-state index contributed by atoms with van der Waals surface area (Å²) >= 11 is 0. The molecule has 0 amide bonds. The van der Waals surface area contributed by atoms with Crippen molar-refractivity contribution in [3.63, 3.8) is 0 Å². The first-order chi connectivity index (χ1) is 8.38. The Hall–Kier alpha value is -0.860. The van der Waals surface area contributed by atoms with E-state index in [-0.39, 0.29) is 0 Å². The monoisotopic (exact) mass is 230 g/mol. The highest BCUT2D eigenvalue weighted by atomic mass is 15.2. The van der Waals surface area contributed by atoms with Gasteiger partial charge in [-0.3, -0.25) is 4.90 Å². The molecule has 2 nitrogen and oxygen atoms in total. The molecule has 0 spiro atoms. The van der Waals surface area contributed by atoms with Gasteiger partial charge in [-0.2, -0.15) is 0 Å².